The molecule has 8 heteroatoms. The van der Waals surface area contributed by atoms with E-state index in [1.807, 2.05) is 71.0 Å². The summed E-state index contributed by atoms with van der Waals surface area (Å²) >= 11 is 0. The predicted molar refractivity (Wildman–Crippen MR) is 156 cm³/mol. The van der Waals surface area contributed by atoms with Gasteiger partial charge in [0.25, 0.3) is 10.0 Å². The van der Waals surface area contributed by atoms with E-state index < -0.39 is 28.5 Å². The number of hydrogen-bond donors (Lipinski definition) is 1. The van der Waals surface area contributed by atoms with Crippen LogP contribution in [0.2, 0.25) is 0 Å². The van der Waals surface area contributed by atoms with E-state index in [9.17, 15) is 18.0 Å². The van der Waals surface area contributed by atoms with Gasteiger partial charge in [0, 0.05) is 13.1 Å². The number of carbonyl (C=O) groups is 2. The average Bonchev–Trinajstić information content (AvgIpc) is 2.91. The zero-order valence-electron chi connectivity index (χ0n) is 23.4. The van der Waals surface area contributed by atoms with E-state index >= 15 is 0 Å². The Morgan fingerprint density at radius 1 is 0.897 bits per heavy atom. The number of nitrogens with one attached hydrogen (secondary N) is 1. The summed E-state index contributed by atoms with van der Waals surface area (Å²) in [6.07, 6.45) is 0.386. The van der Waals surface area contributed by atoms with Crippen LogP contribution < -0.4 is 9.62 Å². The zero-order chi connectivity index (χ0) is 28.6. The van der Waals surface area contributed by atoms with Crippen LogP contribution in [0.15, 0.2) is 83.8 Å². The number of anilines is 1. The van der Waals surface area contributed by atoms with E-state index in [1.165, 1.54) is 17.0 Å². The first kappa shape index (κ1) is 29.9. The number of para-hydroxylation sites is 1. The Bertz CT molecular complexity index is 1370. The van der Waals surface area contributed by atoms with E-state index in [0.717, 1.165) is 21.0 Å². The van der Waals surface area contributed by atoms with Crippen molar-refractivity contribution in [2.24, 2.45) is 5.92 Å². The molecule has 3 aromatic rings. The zero-order valence-corrected chi connectivity index (χ0v) is 24.2. The molecule has 0 aliphatic rings. The number of hydrogen-bond acceptors (Lipinski definition) is 4. The van der Waals surface area contributed by atoms with Crippen molar-refractivity contribution in [2.75, 3.05) is 17.4 Å². The Hall–Kier alpha value is -3.65. The molecule has 0 saturated carbocycles. The largest absolute Gasteiger partial charge is 0.354 e. The number of nitrogens with zero attached hydrogens (tertiary/aromatic N) is 2. The highest BCUT2D eigenvalue weighted by Gasteiger charge is 2.34. The lowest BCUT2D eigenvalue weighted by atomic mass is 10.1. The van der Waals surface area contributed by atoms with Crippen molar-refractivity contribution in [3.63, 3.8) is 0 Å². The molecule has 1 atom stereocenters. The maximum Gasteiger partial charge on any atom is 0.264 e. The van der Waals surface area contributed by atoms with Gasteiger partial charge in [-0.25, -0.2) is 8.42 Å². The highest BCUT2D eigenvalue weighted by Crippen LogP contribution is 2.27. The first-order valence-corrected chi connectivity index (χ1v) is 14.7. The summed E-state index contributed by atoms with van der Waals surface area (Å²) in [7, 11) is -4.07. The topological polar surface area (TPSA) is 86.8 Å². The quantitative estimate of drug-likeness (QED) is 0.341. The third kappa shape index (κ3) is 7.69. The fraction of sp³-hybridized carbons (Fsp3) is 0.355. The minimum atomic E-state index is -4.07. The molecule has 3 aromatic carbocycles. The van der Waals surface area contributed by atoms with Gasteiger partial charge in [0.1, 0.15) is 12.6 Å². The molecule has 3 rings (SSSR count). The van der Waals surface area contributed by atoms with Crippen LogP contribution in [0.3, 0.4) is 0 Å². The first-order valence-electron chi connectivity index (χ1n) is 13.3. The summed E-state index contributed by atoms with van der Waals surface area (Å²) in [5, 5.41) is 2.95. The van der Waals surface area contributed by atoms with Crippen molar-refractivity contribution in [3.05, 3.63) is 95.6 Å². The van der Waals surface area contributed by atoms with Gasteiger partial charge >= 0.3 is 0 Å². The van der Waals surface area contributed by atoms with Crippen LogP contribution in [-0.2, 0) is 26.2 Å². The molecule has 0 bridgehead atoms. The molecular formula is C31H39N3O4S. The molecule has 0 spiro atoms. The molecule has 0 unspecified atom stereocenters. The Morgan fingerprint density at radius 3 is 2.18 bits per heavy atom. The van der Waals surface area contributed by atoms with E-state index in [-0.39, 0.29) is 23.3 Å². The summed E-state index contributed by atoms with van der Waals surface area (Å²) in [6.45, 7) is 9.87. The molecule has 2 amide bonds. The van der Waals surface area contributed by atoms with E-state index in [2.05, 4.69) is 5.32 Å². The fourth-order valence-electron chi connectivity index (χ4n) is 4.43. The van der Waals surface area contributed by atoms with Gasteiger partial charge in [-0.2, -0.15) is 0 Å². The number of carbonyl (C=O) groups excluding carboxylic acids is 2. The fourth-order valence-corrected chi connectivity index (χ4v) is 5.93. The third-order valence-electron chi connectivity index (χ3n) is 6.50. The second kappa shape index (κ2) is 13.4. The van der Waals surface area contributed by atoms with E-state index in [0.29, 0.717) is 18.7 Å². The summed E-state index contributed by atoms with van der Waals surface area (Å²) < 4.78 is 28.9. The highest BCUT2D eigenvalue weighted by molar-refractivity contribution is 7.92. The Labute approximate surface area is 232 Å². The summed E-state index contributed by atoms with van der Waals surface area (Å²) in [4.78, 5) is 29.0. The van der Waals surface area contributed by atoms with Gasteiger partial charge in [0.05, 0.1) is 10.6 Å². The van der Waals surface area contributed by atoms with E-state index in [4.69, 9.17) is 0 Å². The molecular weight excluding hydrogens is 510 g/mol. The van der Waals surface area contributed by atoms with Crippen molar-refractivity contribution in [3.8, 4) is 0 Å². The van der Waals surface area contributed by atoms with Gasteiger partial charge < -0.3 is 10.2 Å². The SMILES string of the molecule is CC[C@@H](C(=O)NCC(C)C)N(Cc1cccc(C)c1)C(=O)CN(c1ccccc1C)S(=O)(=O)c1ccccc1. The van der Waals surface area contributed by atoms with Crippen molar-refractivity contribution >= 4 is 27.5 Å². The summed E-state index contributed by atoms with van der Waals surface area (Å²) in [5.41, 5.74) is 3.04. The molecule has 208 valence electrons. The predicted octanol–water partition coefficient (Wildman–Crippen LogP) is 5.08. The van der Waals surface area contributed by atoms with Gasteiger partial charge in [0.2, 0.25) is 11.8 Å². The molecule has 0 aliphatic carbocycles. The van der Waals surface area contributed by atoms with Crippen molar-refractivity contribution in [1.29, 1.82) is 0 Å². The Balaban J connectivity index is 2.05. The monoisotopic (exact) mass is 549 g/mol. The lowest BCUT2D eigenvalue weighted by Crippen LogP contribution is -2.52. The molecule has 0 radical (unpaired) electrons. The lowest BCUT2D eigenvalue weighted by molar-refractivity contribution is -0.140. The number of aryl methyl sites for hydroxylation is 2. The van der Waals surface area contributed by atoms with Crippen LogP contribution in [0.1, 0.15) is 43.9 Å². The second-order valence-electron chi connectivity index (χ2n) is 10.2. The molecule has 0 heterocycles. The Morgan fingerprint density at radius 2 is 1.56 bits per heavy atom. The number of rotatable bonds is 12. The number of benzene rings is 3. The van der Waals surface area contributed by atoms with Gasteiger partial charge in [-0.05, 0) is 55.5 Å². The van der Waals surface area contributed by atoms with Gasteiger partial charge in [-0.1, -0.05) is 87.0 Å². The maximum atomic E-state index is 14.1. The number of sulfonamides is 1. The Kier molecular flexibility index (Phi) is 10.3. The number of amides is 2. The normalized spacial score (nSPS) is 12.2. The van der Waals surface area contributed by atoms with Gasteiger partial charge in [-0.3, -0.25) is 13.9 Å². The van der Waals surface area contributed by atoms with Gasteiger partial charge in [0.15, 0.2) is 0 Å². The molecule has 0 aliphatic heterocycles. The average molecular weight is 550 g/mol. The smallest absolute Gasteiger partial charge is 0.264 e. The van der Waals surface area contributed by atoms with Crippen LogP contribution >= 0.6 is 0 Å². The van der Waals surface area contributed by atoms with Gasteiger partial charge in [-0.15, -0.1) is 0 Å². The van der Waals surface area contributed by atoms with Crippen molar-refractivity contribution in [1.82, 2.24) is 10.2 Å². The first-order chi connectivity index (χ1) is 18.5. The standard InChI is InChI=1S/C31H39N3O4S/c1-6-28(31(36)32-20-23(2)3)33(21-26-15-12-13-24(4)19-26)30(35)22-34(29-18-11-10-14-25(29)5)39(37,38)27-16-8-7-9-17-27/h7-19,23,28H,6,20-22H2,1-5H3,(H,32,36)/t28-/m0/s1. The lowest BCUT2D eigenvalue weighted by Gasteiger charge is -2.33. The molecule has 39 heavy (non-hydrogen) atoms. The minimum absolute atomic E-state index is 0.0907. The summed E-state index contributed by atoms with van der Waals surface area (Å²) in [5.74, 6) is -0.452. The minimum Gasteiger partial charge on any atom is -0.354 e. The van der Waals surface area contributed by atoms with Crippen LogP contribution in [0.5, 0.6) is 0 Å². The highest BCUT2D eigenvalue weighted by atomic mass is 32.2. The second-order valence-corrected chi connectivity index (χ2v) is 12.0. The van der Waals surface area contributed by atoms with Crippen molar-refractivity contribution in [2.45, 2.75) is 58.5 Å². The maximum absolute atomic E-state index is 14.1. The molecule has 0 fully saturated rings. The summed E-state index contributed by atoms with van der Waals surface area (Å²) in [6, 6.07) is 22.2. The van der Waals surface area contributed by atoms with Crippen LogP contribution in [0, 0.1) is 19.8 Å². The van der Waals surface area contributed by atoms with Crippen molar-refractivity contribution < 1.29 is 18.0 Å². The van der Waals surface area contributed by atoms with E-state index in [1.54, 1.807) is 30.3 Å². The third-order valence-corrected chi connectivity index (χ3v) is 8.27. The van der Waals surface area contributed by atoms with Crippen LogP contribution in [-0.4, -0.2) is 44.3 Å². The molecule has 7 nitrogen and oxygen atoms in total. The molecule has 1 N–H and O–H groups in total. The van der Waals surface area contributed by atoms with Crippen LogP contribution in [0.4, 0.5) is 5.69 Å². The molecule has 0 saturated heterocycles. The molecule has 0 aromatic heterocycles. The van der Waals surface area contributed by atoms with Crippen LogP contribution in [0.25, 0.3) is 0 Å².